The van der Waals surface area contributed by atoms with E-state index in [2.05, 4.69) is 26.8 Å². The van der Waals surface area contributed by atoms with Crippen LogP contribution in [0.15, 0.2) is 0 Å². The number of rotatable bonds is 3. The van der Waals surface area contributed by atoms with Gasteiger partial charge in [-0.25, -0.2) is 0 Å². The molecule has 2 rings (SSSR count). The highest BCUT2D eigenvalue weighted by molar-refractivity contribution is 5.07. The topological polar surface area (TPSA) is 44.0 Å². The van der Waals surface area contributed by atoms with E-state index in [1.807, 2.05) is 0 Å². The Hall–Kier alpha value is -0.550. The monoisotopic (exact) mass is 277 g/mol. The highest BCUT2D eigenvalue weighted by atomic mass is 16.3. The minimum Gasteiger partial charge on any atom is -0.391 e. The molecule has 2 heteroatoms. The van der Waals surface area contributed by atoms with Gasteiger partial charge in [0.25, 0.3) is 0 Å². The van der Waals surface area contributed by atoms with Crippen molar-refractivity contribution in [3.05, 3.63) is 0 Å². The van der Waals surface area contributed by atoms with Crippen LogP contribution in [0.3, 0.4) is 0 Å². The van der Waals surface area contributed by atoms with Crippen molar-refractivity contribution in [3.8, 4) is 6.07 Å². The first-order valence-electron chi connectivity index (χ1n) is 8.58. The van der Waals surface area contributed by atoms with Crippen LogP contribution in [0.4, 0.5) is 0 Å². The maximum atomic E-state index is 10.8. The SMILES string of the molecule is CC1CCC(C(O)C2(C#N)CCC(C(C)C)CC2)CC1. The molecule has 0 heterocycles. The first-order chi connectivity index (χ1) is 9.48. The van der Waals surface area contributed by atoms with Gasteiger partial charge in [-0.15, -0.1) is 0 Å². The van der Waals surface area contributed by atoms with Crippen LogP contribution in [-0.2, 0) is 0 Å². The average molecular weight is 277 g/mol. The number of hydrogen-bond donors (Lipinski definition) is 1. The molecule has 2 fully saturated rings. The molecular weight excluding hydrogens is 246 g/mol. The molecule has 1 atom stereocenters. The molecule has 0 aromatic rings. The predicted molar refractivity (Wildman–Crippen MR) is 82.0 cm³/mol. The predicted octanol–water partition coefficient (Wildman–Crippen LogP) is 4.53. The van der Waals surface area contributed by atoms with Crippen molar-refractivity contribution < 1.29 is 5.11 Å². The summed E-state index contributed by atoms with van der Waals surface area (Å²) in [4.78, 5) is 0. The second-order valence-electron chi connectivity index (χ2n) is 7.81. The summed E-state index contributed by atoms with van der Waals surface area (Å²) in [5, 5.41) is 20.5. The fraction of sp³-hybridized carbons (Fsp3) is 0.944. The van der Waals surface area contributed by atoms with Crippen molar-refractivity contribution in [2.24, 2.45) is 29.1 Å². The largest absolute Gasteiger partial charge is 0.391 e. The van der Waals surface area contributed by atoms with E-state index >= 15 is 0 Å². The van der Waals surface area contributed by atoms with E-state index in [-0.39, 0.29) is 0 Å². The molecule has 0 saturated heterocycles. The molecular formula is C18H31NO. The van der Waals surface area contributed by atoms with E-state index in [0.717, 1.165) is 50.4 Å². The van der Waals surface area contributed by atoms with Crippen LogP contribution >= 0.6 is 0 Å². The first-order valence-corrected chi connectivity index (χ1v) is 8.58. The fourth-order valence-electron chi connectivity index (χ4n) is 4.35. The van der Waals surface area contributed by atoms with Gasteiger partial charge in [-0.3, -0.25) is 0 Å². The van der Waals surface area contributed by atoms with E-state index in [9.17, 15) is 10.4 Å². The summed E-state index contributed by atoms with van der Waals surface area (Å²) in [6.45, 7) is 6.86. The Morgan fingerprint density at radius 3 is 2.00 bits per heavy atom. The third kappa shape index (κ3) is 3.19. The molecule has 0 bridgehead atoms. The Morgan fingerprint density at radius 2 is 1.55 bits per heavy atom. The number of aliphatic hydroxyl groups excluding tert-OH is 1. The van der Waals surface area contributed by atoms with Crippen LogP contribution in [-0.4, -0.2) is 11.2 Å². The quantitative estimate of drug-likeness (QED) is 0.823. The third-order valence-electron chi connectivity index (χ3n) is 6.16. The third-order valence-corrected chi connectivity index (χ3v) is 6.16. The number of nitriles is 1. The van der Waals surface area contributed by atoms with Gasteiger partial charge in [0.15, 0.2) is 0 Å². The van der Waals surface area contributed by atoms with Crippen molar-refractivity contribution in [1.82, 2.24) is 0 Å². The lowest BCUT2D eigenvalue weighted by molar-refractivity contribution is -0.0327. The Bertz CT molecular complexity index is 341. The van der Waals surface area contributed by atoms with Crippen LogP contribution in [0, 0.1) is 40.4 Å². The highest BCUT2D eigenvalue weighted by Crippen LogP contribution is 2.47. The van der Waals surface area contributed by atoms with E-state index < -0.39 is 11.5 Å². The Labute approximate surface area is 124 Å². The van der Waals surface area contributed by atoms with Gasteiger partial charge in [0.05, 0.1) is 17.6 Å². The minimum atomic E-state index is -0.448. The maximum absolute atomic E-state index is 10.8. The van der Waals surface area contributed by atoms with Crippen molar-refractivity contribution in [2.45, 2.75) is 78.2 Å². The van der Waals surface area contributed by atoms with Gasteiger partial charge in [0, 0.05) is 0 Å². The Morgan fingerprint density at radius 1 is 1.00 bits per heavy atom. The normalized spacial score (nSPS) is 40.3. The molecule has 2 nitrogen and oxygen atoms in total. The van der Waals surface area contributed by atoms with Crippen LogP contribution in [0.5, 0.6) is 0 Å². The standard InChI is InChI=1S/C18H31NO/c1-13(2)15-8-10-18(12-19,11-9-15)17(20)16-6-4-14(3)5-7-16/h13-17,20H,4-11H2,1-3H3. The van der Waals surface area contributed by atoms with Crippen molar-refractivity contribution in [3.63, 3.8) is 0 Å². The summed E-state index contributed by atoms with van der Waals surface area (Å²) in [7, 11) is 0. The number of aliphatic hydroxyl groups is 1. The molecule has 2 aliphatic rings. The van der Waals surface area contributed by atoms with Crippen molar-refractivity contribution in [1.29, 1.82) is 5.26 Å². The summed E-state index contributed by atoms with van der Waals surface area (Å²) >= 11 is 0. The number of hydrogen-bond acceptors (Lipinski definition) is 2. The zero-order chi connectivity index (χ0) is 14.8. The maximum Gasteiger partial charge on any atom is 0.0835 e. The molecule has 0 aromatic carbocycles. The fourth-order valence-corrected chi connectivity index (χ4v) is 4.35. The Kier molecular flexibility index (Phi) is 5.13. The van der Waals surface area contributed by atoms with Crippen LogP contribution in [0.25, 0.3) is 0 Å². The zero-order valence-electron chi connectivity index (χ0n) is 13.4. The van der Waals surface area contributed by atoms with Gasteiger partial charge in [0.1, 0.15) is 0 Å². The summed E-state index contributed by atoms with van der Waals surface area (Å²) in [6.07, 6.45) is 8.30. The summed E-state index contributed by atoms with van der Waals surface area (Å²) in [6, 6.07) is 2.54. The van der Waals surface area contributed by atoms with Gasteiger partial charge in [0.2, 0.25) is 0 Å². The van der Waals surface area contributed by atoms with E-state index in [1.165, 1.54) is 12.8 Å². The smallest absolute Gasteiger partial charge is 0.0835 e. The van der Waals surface area contributed by atoms with Gasteiger partial charge in [-0.05, 0) is 62.2 Å². The minimum absolute atomic E-state index is 0.362. The molecule has 2 saturated carbocycles. The van der Waals surface area contributed by atoms with E-state index in [0.29, 0.717) is 11.8 Å². The second-order valence-corrected chi connectivity index (χ2v) is 7.81. The molecule has 20 heavy (non-hydrogen) atoms. The molecule has 1 N–H and O–H groups in total. The van der Waals surface area contributed by atoms with E-state index in [1.54, 1.807) is 0 Å². The van der Waals surface area contributed by atoms with Crippen molar-refractivity contribution >= 4 is 0 Å². The van der Waals surface area contributed by atoms with Gasteiger partial charge in [-0.1, -0.05) is 33.6 Å². The van der Waals surface area contributed by atoms with Crippen LogP contribution < -0.4 is 0 Å². The molecule has 0 radical (unpaired) electrons. The van der Waals surface area contributed by atoms with Crippen LogP contribution in [0.2, 0.25) is 0 Å². The zero-order valence-corrected chi connectivity index (χ0v) is 13.4. The molecule has 0 aromatic heterocycles. The summed E-state index contributed by atoms with van der Waals surface area (Å²) in [5.41, 5.74) is -0.448. The number of nitrogens with zero attached hydrogens (tertiary/aromatic N) is 1. The summed E-state index contributed by atoms with van der Waals surface area (Å²) < 4.78 is 0. The lowest BCUT2D eigenvalue weighted by atomic mass is 9.62. The van der Waals surface area contributed by atoms with Gasteiger partial charge in [-0.2, -0.15) is 5.26 Å². The molecule has 0 spiro atoms. The van der Waals surface area contributed by atoms with E-state index in [4.69, 9.17) is 0 Å². The Balaban J connectivity index is 1.99. The van der Waals surface area contributed by atoms with Crippen LogP contribution in [0.1, 0.15) is 72.1 Å². The lowest BCUT2D eigenvalue weighted by Gasteiger charge is -2.43. The van der Waals surface area contributed by atoms with Gasteiger partial charge < -0.3 is 5.11 Å². The second kappa shape index (κ2) is 6.48. The summed E-state index contributed by atoms with van der Waals surface area (Å²) in [5.74, 6) is 2.61. The van der Waals surface area contributed by atoms with Crippen molar-refractivity contribution in [2.75, 3.05) is 0 Å². The molecule has 114 valence electrons. The first kappa shape index (κ1) is 15.8. The average Bonchev–Trinajstić information content (AvgIpc) is 2.47. The highest BCUT2D eigenvalue weighted by Gasteiger charge is 2.45. The molecule has 2 aliphatic carbocycles. The molecule has 0 aliphatic heterocycles. The molecule has 1 unspecified atom stereocenters. The molecule has 0 amide bonds. The lowest BCUT2D eigenvalue weighted by Crippen LogP contribution is -2.43. The van der Waals surface area contributed by atoms with Gasteiger partial charge >= 0.3 is 0 Å².